The molecule has 0 radical (unpaired) electrons. The van der Waals surface area contributed by atoms with Crippen LogP contribution >= 0.6 is 0 Å². The Morgan fingerprint density at radius 3 is 2.58 bits per heavy atom. The van der Waals surface area contributed by atoms with E-state index < -0.39 is 0 Å². The van der Waals surface area contributed by atoms with Gasteiger partial charge in [0.05, 0.1) is 0 Å². The molecule has 0 aliphatic carbocycles. The fourth-order valence-electron chi connectivity index (χ4n) is 2.56. The molecule has 0 fully saturated rings. The van der Waals surface area contributed by atoms with Crippen LogP contribution in [0.2, 0.25) is 0 Å². The third-order valence-electron chi connectivity index (χ3n) is 3.59. The van der Waals surface area contributed by atoms with Crippen LogP contribution in [0.4, 0.5) is 0 Å². The fraction of sp³-hybridized carbons (Fsp3) is 0.353. The van der Waals surface area contributed by atoms with Gasteiger partial charge in [-0.1, -0.05) is 56.5 Å². The van der Waals surface area contributed by atoms with E-state index in [2.05, 4.69) is 19.1 Å². The highest BCUT2D eigenvalue weighted by Gasteiger charge is 2.11. The number of rotatable bonds is 6. The number of fused-ring (bicyclic) bond motifs is 1. The molecule has 0 atom stereocenters. The van der Waals surface area contributed by atoms with Crippen molar-refractivity contribution in [2.24, 2.45) is 5.73 Å². The molecule has 0 unspecified atom stereocenters. The zero-order chi connectivity index (χ0) is 13.7. The third kappa shape index (κ3) is 3.14. The molecular weight excluding hydrogens is 234 g/mol. The lowest BCUT2D eigenvalue weighted by atomic mass is 9.94. The quantitative estimate of drug-likeness (QED) is 0.777. The first kappa shape index (κ1) is 13.6. The summed E-state index contributed by atoms with van der Waals surface area (Å²) in [4.78, 5) is 11.6. The van der Waals surface area contributed by atoms with Crippen molar-refractivity contribution in [3.8, 4) is 0 Å². The molecule has 0 saturated heterocycles. The highest BCUT2D eigenvalue weighted by atomic mass is 16.1. The van der Waals surface area contributed by atoms with Crippen LogP contribution in [0.5, 0.6) is 0 Å². The minimum absolute atomic E-state index is 0.323. The lowest BCUT2D eigenvalue weighted by Crippen LogP contribution is -2.14. The maximum Gasteiger partial charge on any atom is 0.248 e. The Morgan fingerprint density at radius 2 is 1.84 bits per heavy atom. The SMILES string of the molecule is CCCCCCc1c(C(N)=O)ccc2ccccc12. The first-order chi connectivity index (χ1) is 9.24. The number of amides is 1. The van der Waals surface area contributed by atoms with Gasteiger partial charge in [0.25, 0.3) is 0 Å². The molecule has 0 spiro atoms. The van der Waals surface area contributed by atoms with Crippen molar-refractivity contribution in [2.45, 2.75) is 39.0 Å². The first-order valence-corrected chi connectivity index (χ1v) is 7.04. The predicted octanol–water partition coefficient (Wildman–Crippen LogP) is 4.06. The Balaban J connectivity index is 2.35. The molecule has 0 aliphatic heterocycles. The molecule has 0 bridgehead atoms. The molecule has 1 amide bonds. The molecule has 2 aromatic rings. The van der Waals surface area contributed by atoms with Crippen molar-refractivity contribution in [1.82, 2.24) is 0 Å². The van der Waals surface area contributed by atoms with Crippen LogP contribution < -0.4 is 5.73 Å². The Kier molecular flexibility index (Phi) is 4.56. The van der Waals surface area contributed by atoms with Gasteiger partial charge in [-0.05, 0) is 35.2 Å². The zero-order valence-electron chi connectivity index (χ0n) is 11.5. The topological polar surface area (TPSA) is 43.1 Å². The number of benzene rings is 2. The highest BCUT2D eigenvalue weighted by molar-refractivity contribution is 6.00. The van der Waals surface area contributed by atoms with Gasteiger partial charge in [-0.2, -0.15) is 0 Å². The molecule has 0 saturated carbocycles. The molecule has 2 N–H and O–H groups in total. The third-order valence-corrected chi connectivity index (χ3v) is 3.59. The molecule has 0 heterocycles. The maximum absolute atomic E-state index is 11.6. The van der Waals surface area contributed by atoms with E-state index in [0.717, 1.165) is 23.8 Å². The van der Waals surface area contributed by atoms with Gasteiger partial charge >= 0.3 is 0 Å². The number of primary amides is 1. The van der Waals surface area contributed by atoms with Crippen molar-refractivity contribution in [3.05, 3.63) is 47.5 Å². The number of carbonyl (C=O) groups is 1. The van der Waals surface area contributed by atoms with Crippen molar-refractivity contribution in [1.29, 1.82) is 0 Å². The van der Waals surface area contributed by atoms with Crippen LogP contribution in [0.1, 0.15) is 48.5 Å². The normalized spacial score (nSPS) is 10.8. The second-order valence-electron chi connectivity index (χ2n) is 4.99. The summed E-state index contributed by atoms with van der Waals surface area (Å²) in [5, 5.41) is 2.34. The van der Waals surface area contributed by atoms with Gasteiger partial charge in [-0.15, -0.1) is 0 Å². The molecule has 2 nitrogen and oxygen atoms in total. The van der Waals surface area contributed by atoms with Gasteiger partial charge in [-0.25, -0.2) is 0 Å². The number of carbonyl (C=O) groups excluding carboxylic acids is 1. The monoisotopic (exact) mass is 255 g/mol. The summed E-state index contributed by atoms with van der Waals surface area (Å²) in [5.74, 6) is -0.323. The number of hydrogen-bond donors (Lipinski definition) is 1. The number of nitrogens with two attached hydrogens (primary N) is 1. The summed E-state index contributed by atoms with van der Waals surface area (Å²) in [7, 11) is 0. The van der Waals surface area contributed by atoms with Crippen LogP contribution in [-0.2, 0) is 6.42 Å². The number of unbranched alkanes of at least 4 members (excludes halogenated alkanes) is 3. The minimum atomic E-state index is -0.323. The summed E-state index contributed by atoms with van der Waals surface area (Å²) in [6.07, 6.45) is 5.72. The molecular formula is C17H21NO. The molecule has 0 aliphatic rings. The molecule has 19 heavy (non-hydrogen) atoms. The lowest BCUT2D eigenvalue weighted by Gasteiger charge is -2.11. The molecule has 2 rings (SSSR count). The van der Waals surface area contributed by atoms with Crippen molar-refractivity contribution >= 4 is 16.7 Å². The molecule has 2 aromatic carbocycles. The van der Waals surface area contributed by atoms with Crippen LogP contribution in [0, 0.1) is 0 Å². The van der Waals surface area contributed by atoms with E-state index in [1.807, 2.05) is 24.3 Å². The summed E-state index contributed by atoms with van der Waals surface area (Å²) >= 11 is 0. The minimum Gasteiger partial charge on any atom is -0.366 e. The summed E-state index contributed by atoms with van der Waals surface area (Å²) in [5.41, 5.74) is 7.29. The van der Waals surface area contributed by atoms with Crippen LogP contribution in [0.25, 0.3) is 10.8 Å². The number of hydrogen-bond acceptors (Lipinski definition) is 1. The lowest BCUT2D eigenvalue weighted by molar-refractivity contribution is 0.0999. The van der Waals surface area contributed by atoms with Gasteiger partial charge in [0.2, 0.25) is 5.91 Å². The molecule has 0 aromatic heterocycles. The summed E-state index contributed by atoms with van der Waals surface area (Å²) in [6.45, 7) is 2.20. The average molecular weight is 255 g/mol. The van der Waals surface area contributed by atoms with E-state index in [9.17, 15) is 4.79 Å². The summed E-state index contributed by atoms with van der Waals surface area (Å²) in [6, 6.07) is 12.0. The first-order valence-electron chi connectivity index (χ1n) is 7.04. The van der Waals surface area contributed by atoms with E-state index in [4.69, 9.17) is 5.73 Å². The van der Waals surface area contributed by atoms with Crippen LogP contribution in [0.15, 0.2) is 36.4 Å². The number of aryl methyl sites for hydroxylation is 1. The van der Waals surface area contributed by atoms with Crippen LogP contribution in [-0.4, -0.2) is 5.91 Å². The van der Waals surface area contributed by atoms with Gasteiger partial charge in [0, 0.05) is 5.56 Å². The smallest absolute Gasteiger partial charge is 0.248 e. The van der Waals surface area contributed by atoms with E-state index in [-0.39, 0.29) is 5.91 Å². The van der Waals surface area contributed by atoms with Crippen molar-refractivity contribution < 1.29 is 4.79 Å². The van der Waals surface area contributed by atoms with E-state index in [1.54, 1.807) is 0 Å². The van der Waals surface area contributed by atoms with Gasteiger partial charge in [-0.3, -0.25) is 4.79 Å². The maximum atomic E-state index is 11.6. The molecule has 100 valence electrons. The second-order valence-corrected chi connectivity index (χ2v) is 4.99. The van der Waals surface area contributed by atoms with Crippen molar-refractivity contribution in [2.75, 3.05) is 0 Å². The largest absolute Gasteiger partial charge is 0.366 e. The zero-order valence-corrected chi connectivity index (χ0v) is 11.5. The predicted molar refractivity (Wildman–Crippen MR) is 80.3 cm³/mol. The van der Waals surface area contributed by atoms with E-state index >= 15 is 0 Å². The van der Waals surface area contributed by atoms with Gasteiger partial charge < -0.3 is 5.73 Å². The Bertz CT molecular complexity index is 574. The van der Waals surface area contributed by atoms with E-state index in [1.165, 1.54) is 24.6 Å². The van der Waals surface area contributed by atoms with Gasteiger partial charge in [0.1, 0.15) is 0 Å². The second kappa shape index (κ2) is 6.37. The highest BCUT2D eigenvalue weighted by Crippen LogP contribution is 2.24. The fourth-order valence-corrected chi connectivity index (χ4v) is 2.56. The Hall–Kier alpha value is -1.83. The van der Waals surface area contributed by atoms with Crippen LogP contribution in [0.3, 0.4) is 0 Å². The summed E-state index contributed by atoms with van der Waals surface area (Å²) < 4.78 is 0. The Labute approximate surface area is 114 Å². The van der Waals surface area contributed by atoms with Crippen molar-refractivity contribution in [3.63, 3.8) is 0 Å². The van der Waals surface area contributed by atoms with Gasteiger partial charge in [0.15, 0.2) is 0 Å². The average Bonchev–Trinajstić information content (AvgIpc) is 2.43. The molecule has 2 heteroatoms. The standard InChI is InChI=1S/C17H21NO/c1-2-3-4-5-10-15-14-9-7-6-8-13(14)11-12-16(15)17(18)19/h6-9,11-12H,2-5,10H2,1H3,(H2,18,19). The Morgan fingerprint density at radius 1 is 1.05 bits per heavy atom. The van der Waals surface area contributed by atoms with E-state index in [0.29, 0.717) is 5.56 Å².